The van der Waals surface area contributed by atoms with E-state index < -0.39 is 11.0 Å². The van der Waals surface area contributed by atoms with E-state index in [4.69, 9.17) is 23.2 Å². The van der Waals surface area contributed by atoms with Crippen molar-refractivity contribution in [3.8, 4) is 0 Å². The molecule has 2 nitrogen and oxygen atoms in total. The molecular weight excluding hydrogens is 363 g/mol. The van der Waals surface area contributed by atoms with Gasteiger partial charge in [0.25, 0.3) is 0 Å². The van der Waals surface area contributed by atoms with E-state index in [9.17, 15) is 0 Å². The summed E-state index contributed by atoms with van der Waals surface area (Å²) in [6.07, 6.45) is 5.51. The van der Waals surface area contributed by atoms with Crippen molar-refractivity contribution in [2.45, 2.75) is 38.7 Å². The lowest BCUT2D eigenvalue weighted by atomic mass is 10.1. The van der Waals surface area contributed by atoms with Gasteiger partial charge in [0.2, 0.25) is 0 Å². The first-order valence-corrected chi connectivity index (χ1v) is 9.48. The van der Waals surface area contributed by atoms with E-state index in [2.05, 4.69) is 63.9 Å². The summed E-state index contributed by atoms with van der Waals surface area (Å²) in [7, 11) is 0. The number of halogens is 2. The van der Waals surface area contributed by atoms with Crippen LogP contribution in [0.5, 0.6) is 0 Å². The summed E-state index contributed by atoms with van der Waals surface area (Å²) >= 11 is 13.5. The first-order chi connectivity index (χ1) is 12.4. The van der Waals surface area contributed by atoms with Crippen molar-refractivity contribution in [1.29, 1.82) is 0 Å². The number of alkyl halides is 2. The Hall–Kier alpha value is -1.90. The van der Waals surface area contributed by atoms with Crippen molar-refractivity contribution in [3.05, 3.63) is 83.6 Å². The van der Waals surface area contributed by atoms with Crippen LogP contribution in [0.1, 0.15) is 22.3 Å². The summed E-state index contributed by atoms with van der Waals surface area (Å²) < 4.78 is 0. The van der Waals surface area contributed by atoms with Crippen LogP contribution in [-0.2, 0) is 0 Å². The Labute approximate surface area is 167 Å². The molecule has 0 aliphatic carbocycles. The molecule has 1 N–H and O–H groups in total. The number of aryl methyl sites for hydroxylation is 4. The fraction of sp³-hybridized carbons (Fsp3) is 0.273. The van der Waals surface area contributed by atoms with Crippen LogP contribution < -0.4 is 10.2 Å². The van der Waals surface area contributed by atoms with Gasteiger partial charge in [0.15, 0.2) is 0 Å². The third-order valence-electron chi connectivity index (χ3n) is 4.35. The monoisotopic (exact) mass is 388 g/mol. The van der Waals surface area contributed by atoms with E-state index in [1.54, 1.807) is 6.08 Å². The number of hydrogen-bond acceptors (Lipinski definition) is 2. The second-order valence-corrected chi connectivity index (χ2v) is 7.33. The molecule has 4 heteroatoms. The topological polar surface area (TPSA) is 15.3 Å². The molecule has 138 valence electrons. The second kappa shape index (κ2) is 9.16. The molecule has 0 amide bonds. The molecule has 0 aromatic heterocycles. The fourth-order valence-corrected chi connectivity index (χ4v) is 3.49. The highest BCUT2D eigenvalue weighted by atomic mass is 35.5. The lowest BCUT2D eigenvalue weighted by molar-refractivity contribution is 0.822. The van der Waals surface area contributed by atoms with Gasteiger partial charge in [-0.1, -0.05) is 72.3 Å². The van der Waals surface area contributed by atoms with Gasteiger partial charge < -0.3 is 10.2 Å². The van der Waals surface area contributed by atoms with E-state index in [-0.39, 0.29) is 0 Å². The zero-order valence-corrected chi connectivity index (χ0v) is 17.3. The highest BCUT2D eigenvalue weighted by molar-refractivity contribution is 6.31. The standard InChI is InChI=1S/C22H26Cl2N2/c1-6-7-14-26(20-17(4)12-9-13-18(20)5)22(24)21(23)25-19-15(2)10-8-11-16(19)3/h6-14,21-22,25H,1H2,2-5H3. The van der Waals surface area contributed by atoms with Crippen LogP contribution in [0.25, 0.3) is 0 Å². The van der Waals surface area contributed by atoms with Crippen molar-refractivity contribution < 1.29 is 0 Å². The molecule has 0 radical (unpaired) electrons. The molecule has 26 heavy (non-hydrogen) atoms. The maximum Gasteiger partial charge on any atom is 0.142 e. The molecule has 0 heterocycles. The average Bonchev–Trinajstić information content (AvgIpc) is 2.60. The molecule has 2 rings (SSSR count). The minimum absolute atomic E-state index is 0.494. The van der Waals surface area contributed by atoms with Crippen LogP contribution >= 0.6 is 23.2 Å². The Morgan fingerprint density at radius 3 is 1.92 bits per heavy atom. The number of nitrogens with zero attached hydrogens (tertiary/aromatic N) is 1. The van der Waals surface area contributed by atoms with Gasteiger partial charge in [0, 0.05) is 17.6 Å². The summed E-state index contributed by atoms with van der Waals surface area (Å²) in [6.45, 7) is 12.0. The van der Waals surface area contributed by atoms with E-state index >= 15 is 0 Å². The van der Waals surface area contributed by atoms with Crippen molar-refractivity contribution in [1.82, 2.24) is 0 Å². The predicted molar refractivity (Wildman–Crippen MR) is 117 cm³/mol. The van der Waals surface area contributed by atoms with E-state index in [1.807, 2.05) is 29.3 Å². The van der Waals surface area contributed by atoms with Crippen LogP contribution in [0.4, 0.5) is 11.4 Å². The van der Waals surface area contributed by atoms with Gasteiger partial charge in [-0.3, -0.25) is 0 Å². The lowest BCUT2D eigenvalue weighted by Crippen LogP contribution is -2.38. The minimum atomic E-state index is -0.495. The number of hydrogen-bond donors (Lipinski definition) is 1. The number of allylic oxidation sites excluding steroid dienone is 2. The average molecular weight is 389 g/mol. The number of nitrogens with one attached hydrogen (secondary N) is 1. The molecule has 0 fully saturated rings. The summed E-state index contributed by atoms with van der Waals surface area (Å²) in [5, 5.41) is 3.38. The van der Waals surface area contributed by atoms with Gasteiger partial charge in [-0.2, -0.15) is 0 Å². The number of para-hydroxylation sites is 2. The molecular formula is C22H26Cl2N2. The van der Waals surface area contributed by atoms with E-state index in [0.717, 1.165) is 33.6 Å². The zero-order chi connectivity index (χ0) is 19.3. The molecule has 0 spiro atoms. The lowest BCUT2D eigenvalue weighted by Gasteiger charge is -2.32. The molecule has 2 aromatic carbocycles. The summed E-state index contributed by atoms with van der Waals surface area (Å²) in [5.41, 5.74) is 5.64. The Morgan fingerprint density at radius 2 is 1.42 bits per heavy atom. The molecule has 0 saturated carbocycles. The van der Waals surface area contributed by atoms with Crippen molar-refractivity contribution in [2.75, 3.05) is 10.2 Å². The number of anilines is 2. The largest absolute Gasteiger partial charge is 0.366 e. The Morgan fingerprint density at radius 1 is 0.923 bits per heavy atom. The molecule has 2 aromatic rings. The maximum absolute atomic E-state index is 6.81. The summed E-state index contributed by atoms with van der Waals surface area (Å²) in [5.74, 6) is 0. The highest BCUT2D eigenvalue weighted by Crippen LogP contribution is 2.31. The van der Waals surface area contributed by atoms with Gasteiger partial charge in [-0.15, -0.1) is 0 Å². The smallest absolute Gasteiger partial charge is 0.142 e. The molecule has 2 unspecified atom stereocenters. The Bertz CT molecular complexity index is 758. The third-order valence-corrected chi connectivity index (χ3v) is 5.29. The van der Waals surface area contributed by atoms with Crippen LogP contribution in [0.3, 0.4) is 0 Å². The van der Waals surface area contributed by atoms with Crippen LogP contribution in [0, 0.1) is 27.7 Å². The minimum Gasteiger partial charge on any atom is -0.366 e. The fourth-order valence-electron chi connectivity index (χ4n) is 3.04. The van der Waals surface area contributed by atoms with Crippen LogP contribution in [0.15, 0.2) is 61.3 Å². The van der Waals surface area contributed by atoms with Crippen LogP contribution in [0.2, 0.25) is 0 Å². The first kappa shape index (κ1) is 20.4. The van der Waals surface area contributed by atoms with Gasteiger partial charge in [-0.25, -0.2) is 0 Å². The molecule has 0 aliphatic heterocycles. The van der Waals surface area contributed by atoms with Gasteiger partial charge >= 0.3 is 0 Å². The second-order valence-electron chi connectivity index (χ2n) is 6.41. The normalized spacial score (nSPS) is 13.5. The number of benzene rings is 2. The summed E-state index contributed by atoms with van der Waals surface area (Å²) in [4.78, 5) is 1.99. The zero-order valence-electron chi connectivity index (χ0n) is 15.8. The highest BCUT2D eigenvalue weighted by Gasteiger charge is 2.25. The molecule has 0 bridgehead atoms. The molecule has 0 aliphatic rings. The predicted octanol–water partition coefficient (Wildman–Crippen LogP) is 6.67. The van der Waals surface area contributed by atoms with Gasteiger partial charge in [-0.05, 0) is 56.0 Å². The van der Waals surface area contributed by atoms with Crippen molar-refractivity contribution >= 4 is 34.6 Å². The van der Waals surface area contributed by atoms with Crippen LogP contribution in [-0.4, -0.2) is 11.0 Å². The van der Waals surface area contributed by atoms with E-state index in [1.165, 1.54) is 0 Å². The van der Waals surface area contributed by atoms with Crippen molar-refractivity contribution in [3.63, 3.8) is 0 Å². The van der Waals surface area contributed by atoms with Gasteiger partial charge in [0.05, 0.1) is 0 Å². The third kappa shape index (κ3) is 4.63. The van der Waals surface area contributed by atoms with E-state index in [0.29, 0.717) is 0 Å². The first-order valence-electron chi connectivity index (χ1n) is 8.61. The Balaban J connectivity index is 2.36. The molecule has 2 atom stereocenters. The van der Waals surface area contributed by atoms with Crippen molar-refractivity contribution in [2.24, 2.45) is 0 Å². The SMILES string of the molecule is C=CC=CN(c1c(C)cccc1C)C(Cl)C(Cl)Nc1c(C)cccc1C. The summed E-state index contributed by atoms with van der Waals surface area (Å²) in [6, 6.07) is 12.3. The quantitative estimate of drug-likeness (QED) is 0.323. The molecule has 0 saturated heterocycles. The maximum atomic E-state index is 6.81. The Kier molecular flexibility index (Phi) is 7.19. The van der Waals surface area contributed by atoms with Gasteiger partial charge in [0.1, 0.15) is 11.0 Å². The number of rotatable bonds is 7.